The summed E-state index contributed by atoms with van der Waals surface area (Å²) in [5, 5.41) is 6.95. The summed E-state index contributed by atoms with van der Waals surface area (Å²) in [6.07, 6.45) is 0.713. The standard InChI is InChI=1S/C20H26N4O5S2/c25-19(15-21-20(26)18-3-1-14-30-18)23-16-4-6-17(7-5-16)31(27,28)22-8-2-9-24-10-12-29-13-11-24/h1,3-7,14,22H,2,8-13,15H2,(H,21,26)(H,23,25). The van der Waals surface area contributed by atoms with Crippen LogP contribution in [-0.2, 0) is 19.6 Å². The largest absolute Gasteiger partial charge is 0.379 e. The number of rotatable bonds is 10. The molecule has 31 heavy (non-hydrogen) atoms. The van der Waals surface area contributed by atoms with E-state index in [1.165, 1.54) is 35.6 Å². The monoisotopic (exact) mass is 466 g/mol. The minimum atomic E-state index is -3.62. The molecule has 0 spiro atoms. The average molecular weight is 467 g/mol. The zero-order chi connectivity index (χ0) is 22.1. The minimum Gasteiger partial charge on any atom is -0.379 e. The number of nitrogens with one attached hydrogen (secondary N) is 3. The predicted octanol–water partition coefficient (Wildman–Crippen LogP) is 1.12. The molecule has 1 aliphatic heterocycles. The number of hydrogen-bond acceptors (Lipinski definition) is 7. The van der Waals surface area contributed by atoms with Crippen molar-refractivity contribution in [2.75, 3.05) is 51.3 Å². The molecule has 168 valence electrons. The number of hydrogen-bond donors (Lipinski definition) is 3. The van der Waals surface area contributed by atoms with Gasteiger partial charge in [-0.2, -0.15) is 0 Å². The van der Waals surface area contributed by atoms with E-state index in [1.807, 2.05) is 0 Å². The van der Waals surface area contributed by atoms with Gasteiger partial charge in [0.25, 0.3) is 5.91 Å². The molecule has 2 aromatic rings. The summed E-state index contributed by atoms with van der Waals surface area (Å²) >= 11 is 1.29. The molecule has 2 amide bonds. The van der Waals surface area contributed by atoms with Crippen LogP contribution >= 0.6 is 11.3 Å². The first-order valence-electron chi connectivity index (χ1n) is 9.95. The van der Waals surface area contributed by atoms with Gasteiger partial charge in [0.15, 0.2) is 0 Å². The molecule has 11 heteroatoms. The molecule has 0 radical (unpaired) electrons. The summed E-state index contributed by atoms with van der Waals surface area (Å²) in [4.78, 5) is 26.8. The molecule has 0 aliphatic carbocycles. The van der Waals surface area contributed by atoms with Crippen LogP contribution in [0.3, 0.4) is 0 Å². The van der Waals surface area contributed by atoms with E-state index in [9.17, 15) is 18.0 Å². The van der Waals surface area contributed by atoms with Crippen LogP contribution in [0.25, 0.3) is 0 Å². The fourth-order valence-electron chi connectivity index (χ4n) is 3.00. The van der Waals surface area contributed by atoms with Crippen molar-refractivity contribution in [3.05, 3.63) is 46.7 Å². The van der Waals surface area contributed by atoms with Gasteiger partial charge in [0.05, 0.1) is 29.5 Å². The Kier molecular flexibility index (Phi) is 8.55. The normalized spacial score (nSPS) is 14.8. The van der Waals surface area contributed by atoms with Gasteiger partial charge in [-0.05, 0) is 48.7 Å². The lowest BCUT2D eigenvalue weighted by atomic mass is 10.3. The quantitative estimate of drug-likeness (QED) is 0.452. The van der Waals surface area contributed by atoms with E-state index >= 15 is 0 Å². The number of benzene rings is 1. The highest BCUT2D eigenvalue weighted by molar-refractivity contribution is 7.89. The average Bonchev–Trinajstić information content (AvgIpc) is 3.31. The number of anilines is 1. The fourth-order valence-corrected chi connectivity index (χ4v) is 4.71. The molecule has 0 atom stereocenters. The Balaban J connectivity index is 1.41. The Labute approximate surface area is 185 Å². The van der Waals surface area contributed by atoms with Crippen LogP contribution in [0, 0.1) is 0 Å². The van der Waals surface area contributed by atoms with Crippen LogP contribution in [0.15, 0.2) is 46.7 Å². The number of sulfonamides is 1. The minimum absolute atomic E-state index is 0.128. The van der Waals surface area contributed by atoms with Gasteiger partial charge < -0.3 is 15.4 Å². The molecule has 1 aliphatic rings. The van der Waals surface area contributed by atoms with Gasteiger partial charge in [-0.3, -0.25) is 14.5 Å². The third-order valence-electron chi connectivity index (χ3n) is 4.65. The Hall–Kier alpha value is -2.31. The van der Waals surface area contributed by atoms with Crippen molar-refractivity contribution in [1.82, 2.24) is 14.9 Å². The van der Waals surface area contributed by atoms with Crippen LogP contribution in [0.4, 0.5) is 5.69 Å². The highest BCUT2D eigenvalue weighted by Crippen LogP contribution is 2.14. The second kappa shape index (κ2) is 11.3. The summed E-state index contributed by atoms with van der Waals surface area (Å²) in [6, 6.07) is 9.33. The summed E-state index contributed by atoms with van der Waals surface area (Å²) in [7, 11) is -3.62. The third kappa shape index (κ3) is 7.40. The first kappa shape index (κ1) is 23.4. The van der Waals surface area contributed by atoms with Gasteiger partial charge in [-0.25, -0.2) is 13.1 Å². The van der Waals surface area contributed by atoms with E-state index < -0.39 is 15.9 Å². The first-order chi connectivity index (χ1) is 14.9. The molecule has 0 saturated carbocycles. The molecule has 3 N–H and O–H groups in total. The van der Waals surface area contributed by atoms with E-state index in [4.69, 9.17) is 4.74 Å². The molecule has 2 heterocycles. The topological polar surface area (TPSA) is 117 Å². The highest BCUT2D eigenvalue weighted by atomic mass is 32.2. The van der Waals surface area contributed by atoms with Crippen molar-refractivity contribution in [3.8, 4) is 0 Å². The maximum atomic E-state index is 12.4. The maximum Gasteiger partial charge on any atom is 0.261 e. The number of nitrogens with zero attached hydrogens (tertiary/aromatic N) is 1. The molecule has 1 saturated heterocycles. The zero-order valence-electron chi connectivity index (χ0n) is 17.0. The summed E-state index contributed by atoms with van der Waals surface area (Å²) in [6.45, 7) is 4.17. The predicted molar refractivity (Wildman–Crippen MR) is 119 cm³/mol. The van der Waals surface area contributed by atoms with Crippen molar-refractivity contribution >= 4 is 38.9 Å². The fraction of sp³-hybridized carbons (Fsp3) is 0.400. The van der Waals surface area contributed by atoms with Crippen LogP contribution in [-0.4, -0.2) is 71.1 Å². The van der Waals surface area contributed by atoms with E-state index in [0.717, 1.165) is 32.8 Å². The van der Waals surface area contributed by atoms with Gasteiger partial charge in [0.2, 0.25) is 15.9 Å². The third-order valence-corrected chi connectivity index (χ3v) is 7.00. The number of ether oxygens (including phenoxy) is 1. The first-order valence-corrected chi connectivity index (χ1v) is 12.3. The van der Waals surface area contributed by atoms with E-state index in [2.05, 4.69) is 20.3 Å². The Bertz CT molecular complexity index is 956. The van der Waals surface area contributed by atoms with Crippen LogP contribution in [0.1, 0.15) is 16.1 Å². The zero-order valence-corrected chi connectivity index (χ0v) is 18.6. The van der Waals surface area contributed by atoms with Gasteiger partial charge in [0.1, 0.15) is 0 Å². The molecule has 1 aromatic carbocycles. The van der Waals surface area contributed by atoms with Gasteiger partial charge in [-0.1, -0.05) is 6.07 Å². The Morgan fingerprint density at radius 2 is 1.84 bits per heavy atom. The number of carbonyl (C=O) groups excluding carboxylic acids is 2. The second-order valence-corrected chi connectivity index (χ2v) is 9.65. The second-order valence-electron chi connectivity index (χ2n) is 6.94. The molecular weight excluding hydrogens is 440 g/mol. The smallest absolute Gasteiger partial charge is 0.261 e. The van der Waals surface area contributed by atoms with Crippen molar-refractivity contribution in [1.29, 1.82) is 0 Å². The number of thiophene rings is 1. The summed E-state index contributed by atoms with van der Waals surface area (Å²) < 4.78 is 32.8. The Morgan fingerprint density at radius 1 is 1.10 bits per heavy atom. The summed E-state index contributed by atoms with van der Waals surface area (Å²) in [5.41, 5.74) is 0.446. The maximum absolute atomic E-state index is 12.4. The number of amides is 2. The summed E-state index contributed by atoms with van der Waals surface area (Å²) in [5.74, 6) is -0.715. The lowest BCUT2D eigenvalue weighted by Gasteiger charge is -2.26. The molecule has 0 bridgehead atoms. The molecule has 9 nitrogen and oxygen atoms in total. The van der Waals surface area contributed by atoms with Crippen LogP contribution in [0.5, 0.6) is 0 Å². The molecule has 3 rings (SSSR count). The van der Waals surface area contributed by atoms with Crippen molar-refractivity contribution in [3.63, 3.8) is 0 Å². The van der Waals surface area contributed by atoms with Crippen molar-refractivity contribution < 1.29 is 22.7 Å². The molecule has 1 fully saturated rings. The van der Waals surface area contributed by atoms with E-state index in [-0.39, 0.29) is 17.3 Å². The SMILES string of the molecule is O=C(CNC(=O)c1cccs1)Nc1ccc(S(=O)(=O)NCCCN2CCOCC2)cc1. The van der Waals surface area contributed by atoms with E-state index in [0.29, 0.717) is 23.5 Å². The van der Waals surface area contributed by atoms with Gasteiger partial charge in [-0.15, -0.1) is 11.3 Å². The number of carbonyl (C=O) groups is 2. The lowest BCUT2D eigenvalue weighted by Crippen LogP contribution is -2.38. The molecular formula is C20H26N4O5S2. The van der Waals surface area contributed by atoms with Crippen LogP contribution < -0.4 is 15.4 Å². The lowest BCUT2D eigenvalue weighted by molar-refractivity contribution is -0.115. The molecule has 1 aromatic heterocycles. The molecule has 0 unspecified atom stereocenters. The van der Waals surface area contributed by atoms with Crippen molar-refractivity contribution in [2.24, 2.45) is 0 Å². The highest BCUT2D eigenvalue weighted by Gasteiger charge is 2.15. The van der Waals surface area contributed by atoms with Crippen LogP contribution in [0.2, 0.25) is 0 Å². The van der Waals surface area contributed by atoms with Gasteiger partial charge >= 0.3 is 0 Å². The van der Waals surface area contributed by atoms with Gasteiger partial charge in [0, 0.05) is 25.3 Å². The number of morpholine rings is 1. The van der Waals surface area contributed by atoms with Crippen molar-refractivity contribution in [2.45, 2.75) is 11.3 Å². The Morgan fingerprint density at radius 3 is 2.52 bits per heavy atom. The van der Waals surface area contributed by atoms with E-state index in [1.54, 1.807) is 17.5 Å².